The number of fused-ring (bicyclic) bond motifs is 1. The average Bonchev–Trinajstić information content (AvgIpc) is 3.36. The van der Waals surface area contributed by atoms with Crippen LogP contribution in [0.15, 0.2) is 88.0 Å². The van der Waals surface area contributed by atoms with Crippen molar-refractivity contribution in [1.82, 2.24) is 0 Å². The van der Waals surface area contributed by atoms with Gasteiger partial charge in [-0.25, -0.2) is 0 Å². The van der Waals surface area contributed by atoms with Gasteiger partial charge in [0, 0.05) is 44.9 Å². The van der Waals surface area contributed by atoms with Crippen molar-refractivity contribution < 1.29 is 19.4 Å². The summed E-state index contributed by atoms with van der Waals surface area (Å²) in [7, 11) is 0. The first kappa shape index (κ1) is 23.6. The number of carbonyl (C=O) groups is 1. The fourth-order valence-corrected chi connectivity index (χ4v) is 5.77. The van der Waals surface area contributed by atoms with Crippen molar-refractivity contribution in [3.05, 3.63) is 105 Å². The summed E-state index contributed by atoms with van der Waals surface area (Å²) < 4.78 is 12.0. The van der Waals surface area contributed by atoms with Gasteiger partial charge < -0.3 is 14.6 Å². The summed E-state index contributed by atoms with van der Waals surface area (Å²) in [4.78, 5) is 15.4. The number of hydrogen-bond acceptors (Lipinski definition) is 5. The summed E-state index contributed by atoms with van der Waals surface area (Å²) in [6.07, 6.45) is 1.81. The fourth-order valence-electron chi connectivity index (χ4n) is 5.38. The minimum atomic E-state index is -0.616. The molecule has 3 aliphatic rings. The zero-order valence-electron chi connectivity index (χ0n) is 20.3. The minimum absolute atomic E-state index is 0.0161. The van der Waals surface area contributed by atoms with Gasteiger partial charge in [0.25, 0.3) is 0 Å². The Morgan fingerprint density at radius 1 is 1.03 bits per heavy atom. The molecule has 0 spiro atoms. The molecule has 186 valence electrons. The fraction of sp³-hybridized carbons (Fsp3) is 0.200. The van der Waals surface area contributed by atoms with Crippen molar-refractivity contribution in [3.63, 3.8) is 0 Å². The van der Waals surface area contributed by atoms with E-state index in [0.29, 0.717) is 47.5 Å². The molecule has 0 bridgehead atoms. The molecule has 0 saturated heterocycles. The Balaban J connectivity index is 1.64. The largest absolute Gasteiger partial charge is 0.507 e. The maximum Gasteiger partial charge on any atom is 0.231 e. The molecule has 3 aromatic carbocycles. The molecule has 0 fully saturated rings. The van der Waals surface area contributed by atoms with Crippen molar-refractivity contribution in [2.75, 3.05) is 11.7 Å². The number of aryl methyl sites for hydroxylation is 1. The number of hydrogen-bond donors (Lipinski definition) is 2. The molecule has 6 rings (SSSR count). The number of anilines is 1. The third-order valence-corrected chi connectivity index (χ3v) is 7.62. The van der Waals surface area contributed by atoms with Gasteiger partial charge >= 0.3 is 0 Å². The molecule has 0 radical (unpaired) electrons. The molecule has 2 heterocycles. The third kappa shape index (κ3) is 4.03. The first-order valence-corrected chi connectivity index (χ1v) is 13.0. The normalized spacial score (nSPS) is 20.3. The smallest absolute Gasteiger partial charge is 0.231 e. The second-order valence-electron chi connectivity index (χ2n) is 9.48. The SMILES string of the molecule is Cc1ccc(/C(O)=C2\C(=N)N(c3cccc(Br)c3)C3=C(C(=O)CCC3)C2c2ccc3c(c2)OCO3)cc1. The summed E-state index contributed by atoms with van der Waals surface area (Å²) in [5.74, 6) is 0.783. The second-order valence-corrected chi connectivity index (χ2v) is 10.4. The lowest BCUT2D eigenvalue weighted by Gasteiger charge is -2.41. The molecule has 0 aromatic heterocycles. The lowest BCUT2D eigenvalue weighted by atomic mass is 9.73. The highest BCUT2D eigenvalue weighted by Gasteiger charge is 2.43. The molecule has 1 unspecified atom stereocenters. The molecule has 2 aliphatic heterocycles. The van der Waals surface area contributed by atoms with Crippen LogP contribution in [0.25, 0.3) is 5.76 Å². The van der Waals surface area contributed by atoms with E-state index in [9.17, 15) is 15.3 Å². The Labute approximate surface area is 223 Å². The summed E-state index contributed by atoms with van der Waals surface area (Å²) in [5.41, 5.74) is 5.02. The number of ketones is 1. The number of allylic oxidation sites excluding steroid dienone is 2. The lowest BCUT2D eigenvalue weighted by molar-refractivity contribution is -0.116. The summed E-state index contributed by atoms with van der Waals surface area (Å²) in [6, 6.07) is 20.8. The lowest BCUT2D eigenvalue weighted by Crippen LogP contribution is -2.42. The van der Waals surface area contributed by atoms with E-state index in [0.717, 1.165) is 27.0 Å². The Morgan fingerprint density at radius 2 is 1.81 bits per heavy atom. The van der Waals surface area contributed by atoms with E-state index in [2.05, 4.69) is 15.9 Å². The van der Waals surface area contributed by atoms with E-state index in [1.54, 1.807) is 0 Å². The highest BCUT2D eigenvalue weighted by Crippen LogP contribution is 2.49. The van der Waals surface area contributed by atoms with Crippen LogP contribution in [0.3, 0.4) is 0 Å². The van der Waals surface area contributed by atoms with Crippen LogP contribution in [0.1, 0.15) is 41.9 Å². The van der Waals surface area contributed by atoms with Gasteiger partial charge in [0.1, 0.15) is 11.6 Å². The maximum atomic E-state index is 13.6. The van der Waals surface area contributed by atoms with E-state index in [1.807, 2.05) is 78.6 Å². The molecule has 1 atom stereocenters. The quantitative estimate of drug-likeness (QED) is 0.338. The van der Waals surface area contributed by atoms with E-state index in [-0.39, 0.29) is 24.2 Å². The molecular weight excluding hydrogens is 532 g/mol. The number of nitrogens with zero attached hydrogens (tertiary/aromatic N) is 1. The number of rotatable bonds is 3. The van der Waals surface area contributed by atoms with Gasteiger partial charge in [-0.05, 0) is 55.7 Å². The van der Waals surface area contributed by atoms with E-state index < -0.39 is 5.92 Å². The highest BCUT2D eigenvalue weighted by molar-refractivity contribution is 9.10. The molecule has 0 amide bonds. The summed E-state index contributed by atoms with van der Waals surface area (Å²) in [5, 5.41) is 21.2. The Kier molecular flexibility index (Phi) is 5.88. The first-order chi connectivity index (χ1) is 17.9. The van der Waals surface area contributed by atoms with Crippen LogP contribution in [0, 0.1) is 12.3 Å². The zero-order valence-corrected chi connectivity index (χ0v) is 21.8. The summed E-state index contributed by atoms with van der Waals surface area (Å²) >= 11 is 3.55. The molecular formula is C30H25BrN2O4. The Hall–Kier alpha value is -3.84. The molecule has 1 aliphatic carbocycles. The number of aliphatic hydroxyl groups excluding tert-OH is 1. The molecule has 6 nitrogen and oxygen atoms in total. The number of carbonyl (C=O) groups excluding carboxylic acids is 1. The number of nitrogens with one attached hydrogen (secondary N) is 1. The van der Waals surface area contributed by atoms with Crippen LogP contribution in [0.4, 0.5) is 5.69 Å². The van der Waals surface area contributed by atoms with Gasteiger partial charge in [-0.3, -0.25) is 15.1 Å². The molecule has 0 saturated carbocycles. The Bertz CT molecular complexity index is 1510. The van der Waals surface area contributed by atoms with Crippen molar-refractivity contribution >= 4 is 39.0 Å². The van der Waals surface area contributed by atoms with Gasteiger partial charge in [-0.1, -0.05) is 57.9 Å². The monoisotopic (exact) mass is 556 g/mol. The number of benzene rings is 3. The van der Waals surface area contributed by atoms with Crippen LogP contribution in [0.2, 0.25) is 0 Å². The van der Waals surface area contributed by atoms with Crippen LogP contribution in [0.5, 0.6) is 11.5 Å². The van der Waals surface area contributed by atoms with Crippen LogP contribution in [-0.2, 0) is 4.79 Å². The molecule has 2 N–H and O–H groups in total. The van der Waals surface area contributed by atoms with Crippen molar-refractivity contribution in [2.24, 2.45) is 0 Å². The van der Waals surface area contributed by atoms with E-state index in [1.165, 1.54) is 0 Å². The first-order valence-electron chi connectivity index (χ1n) is 12.2. The topological polar surface area (TPSA) is 82.9 Å². The van der Waals surface area contributed by atoms with Crippen LogP contribution < -0.4 is 14.4 Å². The number of Topliss-reactive ketones (excluding diaryl/α,β-unsaturated/α-hetero) is 1. The number of aliphatic hydroxyl groups is 1. The average molecular weight is 557 g/mol. The van der Waals surface area contributed by atoms with Gasteiger partial charge in [0.2, 0.25) is 6.79 Å². The van der Waals surface area contributed by atoms with Crippen LogP contribution in [-0.4, -0.2) is 23.5 Å². The number of amidine groups is 1. The number of halogens is 1. The second kappa shape index (κ2) is 9.23. The van der Waals surface area contributed by atoms with Gasteiger partial charge in [0.15, 0.2) is 17.3 Å². The van der Waals surface area contributed by atoms with Crippen molar-refractivity contribution in [3.8, 4) is 11.5 Å². The molecule has 37 heavy (non-hydrogen) atoms. The standard InChI is InChI=1S/C30H25BrN2O4/c1-17-8-10-18(11-9-17)29(35)28-26(19-12-13-24-25(14-19)37-16-36-24)27-22(6-3-7-23(27)34)33(30(28)32)21-5-2-4-20(31)15-21/h2,4-5,8-15,26,32,35H,3,6-7,16H2,1H3/b29-28+,32-30?. The van der Waals surface area contributed by atoms with Crippen molar-refractivity contribution in [1.29, 1.82) is 5.41 Å². The number of ether oxygens (including phenoxy) is 2. The highest BCUT2D eigenvalue weighted by atomic mass is 79.9. The van der Waals surface area contributed by atoms with E-state index in [4.69, 9.17) is 9.47 Å². The van der Waals surface area contributed by atoms with Gasteiger partial charge in [-0.15, -0.1) is 0 Å². The third-order valence-electron chi connectivity index (χ3n) is 7.13. The predicted molar refractivity (Wildman–Crippen MR) is 146 cm³/mol. The Morgan fingerprint density at radius 3 is 2.59 bits per heavy atom. The van der Waals surface area contributed by atoms with Gasteiger partial charge in [0.05, 0.1) is 0 Å². The summed E-state index contributed by atoms with van der Waals surface area (Å²) in [6.45, 7) is 2.12. The van der Waals surface area contributed by atoms with Gasteiger partial charge in [-0.2, -0.15) is 0 Å². The maximum absolute atomic E-state index is 13.6. The van der Waals surface area contributed by atoms with E-state index >= 15 is 0 Å². The zero-order chi connectivity index (χ0) is 25.7. The van der Waals surface area contributed by atoms with Crippen LogP contribution >= 0.6 is 15.9 Å². The van der Waals surface area contributed by atoms with Crippen molar-refractivity contribution in [2.45, 2.75) is 32.1 Å². The minimum Gasteiger partial charge on any atom is -0.507 e. The molecule has 3 aromatic rings. The predicted octanol–water partition coefficient (Wildman–Crippen LogP) is 7.04. The molecule has 7 heteroatoms.